The van der Waals surface area contributed by atoms with E-state index in [1.165, 1.54) is 32.1 Å². The molecule has 2 heteroatoms. The first-order valence-electron chi connectivity index (χ1n) is 9.24. The number of Topliss-reactive ketones (excluding diaryl/α,β-unsaturated/α-hetero) is 1. The lowest BCUT2D eigenvalue weighted by Gasteiger charge is -2.56. The molecule has 0 aromatic rings. The van der Waals surface area contributed by atoms with Crippen LogP contribution in [0.4, 0.5) is 0 Å². The van der Waals surface area contributed by atoms with Crippen LogP contribution in [0.2, 0.25) is 0 Å². The Morgan fingerprint density at radius 2 is 1.86 bits per heavy atom. The lowest BCUT2D eigenvalue weighted by molar-refractivity contribution is -0.133. The first-order valence-corrected chi connectivity index (χ1v) is 10.5. The van der Waals surface area contributed by atoms with Crippen LogP contribution in [0.3, 0.4) is 0 Å². The van der Waals surface area contributed by atoms with Crippen molar-refractivity contribution < 1.29 is 4.79 Å². The zero-order valence-corrected chi connectivity index (χ0v) is 16.4. The highest BCUT2D eigenvalue weighted by Gasteiger charge is 2.60. The maximum absolute atomic E-state index is 12.7. The number of hydrogen-bond acceptors (Lipinski definition) is 1. The first-order chi connectivity index (χ1) is 10.4. The molecule has 4 rings (SSSR count). The summed E-state index contributed by atoms with van der Waals surface area (Å²) in [6.45, 7) is 7.03. The predicted molar refractivity (Wildman–Crippen MR) is 99.1 cm³/mol. The Morgan fingerprint density at radius 1 is 1.14 bits per heavy atom. The lowest BCUT2D eigenvalue weighted by Crippen LogP contribution is -2.50. The summed E-state index contributed by atoms with van der Waals surface area (Å²) in [5.74, 6) is 3.14. The fourth-order valence-corrected chi connectivity index (χ4v) is 7.51. The number of ketones is 1. The highest BCUT2D eigenvalue weighted by Crippen LogP contribution is 2.64. The van der Waals surface area contributed by atoms with E-state index in [0.717, 1.165) is 28.6 Å². The van der Waals surface area contributed by atoms with Crippen LogP contribution in [-0.4, -0.2) is 9.71 Å². The van der Waals surface area contributed by atoms with Gasteiger partial charge in [0.15, 0.2) is 0 Å². The van der Waals surface area contributed by atoms with Crippen molar-refractivity contribution in [2.24, 2.45) is 34.5 Å². The third kappa shape index (κ3) is 1.97. The molecule has 4 aliphatic carbocycles. The van der Waals surface area contributed by atoms with Crippen molar-refractivity contribution in [2.45, 2.75) is 69.6 Å². The summed E-state index contributed by atoms with van der Waals surface area (Å²) < 4.78 is 0.843. The Hall–Kier alpha value is 0.140. The second-order valence-corrected chi connectivity index (χ2v) is 10.8. The van der Waals surface area contributed by atoms with E-state index in [-0.39, 0.29) is 5.41 Å². The van der Waals surface area contributed by atoms with Gasteiger partial charge in [-0.1, -0.05) is 55.0 Å². The van der Waals surface area contributed by atoms with Crippen LogP contribution in [0.15, 0.2) is 11.6 Å². The molecule has 4 aliphatic rings. The van der Waals surface area contributed by atoms with E-state index in [0.29, 0.717) is 23.0 Å². The van der Waals surface area contributed by atoms with Crippen molar-refractivity contribution in [1.82, 2.24) is 0 Å². The zero-order valence-electron chi connectivity index (χ0n) is 14.2. The SMILES string of the molecule is C[C@H]1C[C@H]2[C@@H]3CC=C4C[C@@H](I)CC[C@]4(C)[C@H]3CC[C@]2(C)C1=O. The van der Waals surface area contributed by atoms with Crippen LogP contribution in [-0.2, 0) is 4.79 Å². The van der Waals surface area contributed by atoms with Gasteiger partial charge in [-0.05, 0) is 68.1 Å². The number of halogens is 1. The van der Waals surface area contributed by atoms with Crippen molar-refractivity contribution in [2.75, 3.05) is 0 Å². The van der Waals surface area contributed by atoms with Gasteiger partial charge in [0.2, 0.25) is 0 Å². The standard InChI is InChI=1S/C20H29IO/c1-12-10-17-15-5-4-13-11-14(21)6-8-19(13,2)16(15)7-9-20(17,3)18(12)22/h4,12,14-17H,5-11H2,1-3H3/t12-,14-,15+,16-,17-,19-,20-/m0/s1. The van der Waals surface area contributed by atoms with E-state index in [4.69, 9.17) is 0 Å². The van der Waals surface area contributed by atoms with Crippen molar-refractivity contribution in [3.8, 4) is 0 Å². The van der Waals surface area contributed by atoms with E-state index in [1.807, 2.05) is 0 Å². The van der Waals surface area contributed by atoms with Gasteiger partial charge in [-0.25, -0.2) is 0 Å². The van der Waals surface area contributed by atoms with Gasteiger partial charge in [-0.15, -0.1) is 0 Å². The van der Waals surface area contributed by atoms with Crippen LogP contribution in [0, 0.1) is 34.5 Å². The molecule has 0 radical (unpaired) electrons. The normalized spacial score (nSPS) is 54.3. The van der Waals surface area contributed by atoms with E-state index in [2.05, 4.69) is 49.4 Å². The Balaban J connectivity index is 1.70. The molecular formula is C20H29IO. The van der Waals surface area contributed by atoms with Crippen LogP contribution in [0.1, 0.15) is 65.7 Å². The zero-order chi connectivity index (χ0) is 15.7. The minimum absolute atomic E-state index is 0.00273. The van der Waals surface area contributed by atoms with Crippen molar-refractivity contribution in [3.63, 3.8) is 0 Å². The maximum atomic E-state index is 12.7. The summed E-state index contributed by atoms with van der Waals surface area (Å²) in [4.78, 5) is 12.7. The van der Waals surface area contributed by atoms with Gasteiger partial charge < -0.3 is 0 Å². The molecule has 22 heavy (non-hydrogen) atoms. The summed E-state index contributed by atoms with van der Waals surface area (Å²) in [7, 11) is 0. The molecule has 0 N–H and O–H groups in total. The molecule has 0 aromatic carbocycles. The molecule has 0 saturated heterocycles. The minimum Gasteiger partial charge on any atom is -0.299 e. The Morgan fingerprint density at radius 3 is 2.64 bits per heavy atom. The van der Waals surface area contributed by atoms with Crippen LogP contribution < -0.4 is 0 Å². The molecule has 0 heterocycles. The van der Waals surface area contributed by atoms with Gasteiger partial charge in [0.05, 0.1) is 0 Å². The molecule has 3 fully saturated rings. The highest BCUT2D eigenvalue weighted by atomic mass is 127. The number of rotatable bonds is 0. The minimum atomic E-state index is 0.00273. The van der Waals surface area contributed by atoms with Crippen molar-refractivity contribution in [3.05, 3.63) is 11.6 Å². The van der Waals surface area contributed by atoms with Gasteiger partial charge in [0.25, 0.3) is 0 Å². The summed E-state index contributed by atoms with van der Waals surface area (Å²) in [6.07, 6.45) is 11.5. The summed E-state index contributed by atoms with van der Waals surface area (Å²) in [5, 5.41) is 0. The Bertz CT molecular complexity index is 538. The number of allylic oxidation sites excluding steroid dienone is 2. The van der Waals surface area contributed by atoms with Crippen LogP contribution in [0.5, 0.6) is 0 Å². The monoisotopic (exact) mass is 412 g/mol. The van der Waals surface area contributed by atoms with E-state index < -0.39 is 0 Å². The second-order valence-electron chi connectivity index (χ2n) is 9.06. The van der Waals surface area contributed by atoms with E-state index in [9.17, 15) is 4.79 Å². The molecule has 0 spiro atoms. The van der Waals surface area contributed by atoms with Crippen molar-refractivity contribution in [1.29, 1.82) is 0 Å². The molecule has 0 unspecified atom stereocenters. The molecule has 3 saturated carbocycles. The predicted octanol–water partition coefficient (Wildman–Crippen LogP) is 5.57. The third-order valence-corrected chi connectivity index (χ3v) is 9.11. The molecule has 0 aromatic heterocycles. The molecule has 0 amide bonds. The summed E-state index contributed by atoms with van der Waals surface area (Å²) in [6, 6.07) is 0. The topological polar surface area (TPSA) is 17.1 Å². The molecule has 0 aliphatic heterocycles. The number of hydrogen-bond donors (Lipinski definition) is 0. The van der Waals surface area contributed by atoms with Crippen LogP contribution >= 0.6 is 22.6 Å². The molecule has 0 bridgehead atoms. The van der Waals surface area contributed by atoms with Crippen LogP contribution in [0.25, 0.3) is 0 Å². The van der Waals surface area contributed by atoms with E-state index in [1.54, 1.807) is 5.57 Å². The average Bonchev–Trinajstić information content (AvgIpc) is 2.72. The molecular weight excluding hydrogens is 383 g/mol. The number of carbonyl (C=O) groups is 1. The van der Waals surface area contributed by atoms with Gasteiger partial charge in [-0.3, -0.25) is 4.79 Å². The first kappa shape index (κ1) is 15.7. The average molecular weight is 412 g/mol. The number of alkyl halides is 1. The third-order valence-electron chi connectivity index (χ3n) is 8.05. The highest BCUT2D eigenvalue weighted by molar-refractivity contribution is 14.1. The van der Waals surface area contributed by atoms with Gasteiger partial charge >= 0.3 is 0 Å². The Kier molecular flexibility index (Phi) is 3.61. The molecule has 122 valence electrons. The summed E-state index contributed by atoms with van der Waals surface area (Å²) >= 11 is 2.65. The quantitative estimate of drug-likeness (QED) is 0.289. The van der Waals surface area contributed by atoms with Gasteiger partial charge in [0.1, 0.15) is 5.78 Å². The van der Waals surface area contributed by atoms with E-state index >= 15 is 0 Å². The van der Waals surface area contributed by atoms with Crippen molar-refractivity contribution >= 4 is 28.4 Å². The Labute approximate surface area is 148 Å². The fourth-order valence-electron chi connectivity index (χ4n) is 6.73. The fraction of sp³-hybridized carbons (Fsp3) is 0.850. The second kappa shape index (κ2) is 5.07. The number of fused-ring (bicyclic) bond motifs is 5. The maximum Gasteiger partial charge on any atom is 0.141 e. The summed E-state index contributed by atoms with van der Waals surface area (Å²) in [5.41, 5.74) is 2.21. The molecule has 1 nitrogen and oxygen atoms in total. The largest absolute Gasteiger partial charge is 0.299 e. The number of carbonyl (C=O) groups excluding carboxylic acids is 1. The lowest BCUT2D eigenvalue weighted by atomic mass is 9.48. The van der Waals surface area contributed by atoms with Gasteiger partial charge in [-0.2, -0.15) is 0 Å². The molecule has 7 atom stereocenters. The van der Waals surface area contributed by atoms with Gasteiger partial charge in [0, 0.05) is 15.3 Å². The smallest absolute Gasteiger partial charge is 0.141 e.